The summed E-state index contributed by atoms with van der Waals surface area (Å²) in [6, 6.07) is -3.80. The van der Waals surface area contributed by atoms with Crippen molar-refractivity contribution in [3.8, 4) is 0 Å². The molecule has 0 aromatic carbocycles. The Morgan fingerprint density at radius 1 is 1.15 bits per heavy atom. The van der Waals surface area contributed by atoms with Gasteiger partial charge >= 0.3 is 57.7 Å². The number of unbranched alkanes of at least 4 members (excludes halogenated alkanes) is 5. The molecule has 0 aliphatic carbocycles. The number of thiazole rings is 1. The molecule has 0 radical (unpaired) electrons. The van der Waals surface area contributed by atoms with Gasteiger partial charge in [-0.25, -0.2) is 14.1 Å². The molecule has 6 amide bonds. The number of nitrogens with zero attached hydrogens (tertiary/aromatic N) is 4. The predicted molar refractivity (Wildman–Crippen MR) is 142 cm³/mol. The van der Waals surface area contributed by atoms with Gasteiger partial charge in [0.2, 0.25) is 5.91 Å². The molecule has 212 valence electrons. The predicted octanol–water partition coefficient (Wildman–Crippen LogP) is -1.01. The Kier molecular flexibility index (Phi) is 12.1. The first-order chi connectivity index (χ1) is 17.9. The summed E-state index contributed by atoms with van der Waals surface area (Å²) in [6.07, 6.45) is 6.12. The summed E-state index contributed by atoms with van der Waals surface area (Å²) in [5.74, 6) is -3.85. The third-order valence-electron chi connectivity index (χ3n) is 6.19. The first kappa shape index (κ1) is 32.9. The van der Waals surface area contributed by atoms with Crippen molar-refractivity contribution in [3.63, 3.8) is 0 Å². The summed E-state index contributed by atoms with van der Waals surface area (Å²) in [5.41, 5.74) is 5.65. The molecule has 2 aliphatic rings. The van der Waals surface area contributed by atoms with E-state index in [0.29, 0.717) is 11.4 Å². The summed E-state index contributed by atoms with van der Waals surface area (Å²) in [4.78, 5) is 69.1. The number of β-lactam (4-membered cyclic amide) rings is 1. The third kappa shape index (κ3) is 8.34. The zero-order valence-corrected chi connectivity index (χ0v) is 22.4. The molecule has 0 saturated carbocycles. The van der Waals surface area contributed by atoms with E-state index in [1.807, 2.05) is 0 Å². The van der Waals surface area contributed by atoms with Crippen LogP contribution >= 0.6 is 11.3 Å². The molecule has 2 saturated heterocycles. The van der Waals surface area contributed by atoms with E-state index < -0.39 is 58.6 Å². The normalized spacial score (nSPS) is 18.4. The molecule has 2 atom stereocenters. The number of rotatable bonds is 12. The number of amides is 6. The van der Waals surface area contributed by atoms with Crippen molar-refractivity contribution in [2.45, 2.75) is 57.5 Å². The molecular weight excluding hydrogens is 565 g/mol. The molecule has 0 spiro atoms. The standard InChI is InChI=1S/C21H31N7O8S2.Na.H/c1-2-3-4-5-6-7-8-26-9-10-27(19(32)18(26)31)21(33)25-15(14-12-37-20(22)24-14)16(29)23-13-11-28(17(13)30)38(34,35)36;;/h12-13,15H,2-11H2,1H3,(H2,22,24)(H,23,29)(H,25,33)(H,34,35,36);;. The topological polar surface area (TPSA) is 212 Å². The van der Waals surface area contributed by atoms with E-state index in [2.05, 4.69) is 22.5 Å². The van der Waals surface area contributed by atoms with Crippen LogP contribution in [0.2, 0.25) is 0 Å². The van der Waals surface area contributed by atoms with Gasteiger partial charge in [-0.1, -0.05) is 39.0 Å². The van der Waals surface area contributed by atoms with E-state index in [1.165, 1.54) is 10.3 Å². The molecule has 2 aliphatic heterocycles. The zero-order valence-electron chi connectivity index (χ0n) is 20.8. The molecule has 15 nitrogen and oxygen atoms in total. The summed E-state index contributed by atoms with van der Waals surface area (Å²) >= 11 is 0.977. The fraction of sp³-hybridized carbons (Fsp3) is 0.619. The molecule has 18 heteroatoms. The summed E-state index contributed by atoms with van der Waals surface area (Å²) in [6.45, 7) is 2.10. The average molecular weight is 598 g/mol. The second-order valence-corrected chi connectivity index (χ2v) is 11.1. The van der Waals surface area contributed by atoms with Crippen LogP contribution in [0, 0.1) is 0 Å². The number of nitrogens with one attached hydrogen (secondary N) is 2. The quantitative estimate of drug-likeness (QED) is 0.0757. The molecule has 0 bridgehead atoms. The first-order valence-corrected chi connectivity index (χ1v) is 14.4. The van der Waals surface area contributed by atoms with Crippen molar-refractivity contribution in [2.75, 3.05) is 31.9 Å². The second kappa shape index (κ2) is 14.4. The third-order valence-corrected chi connectivity index (χ3v) is 7.77. The van der Waals surface area contributed by atoms with Crippen LogP contribution in [-0.2, 0) is 29.5 Å². The number of urea groups is 1. The SMILES string of the molecule is CCCCCCCCN1CCN(C(=O)NC(C(=O)NC2CN(S(=O)(=O)O)C2=O)c2csc(N)n2)C(=O)C1=O.[NaH]. The molecule has 1 aromatic rings. The zero-order chi connectivity index (χ0) is 28.0. The molecule has 2 fully saturated rings. The van der Waals surface area contributed by atoms with Crippen LogP contribution in [0.25, 0.3) is 0 Å². The Labute approximate surface area is 252 Å². The first-order valence-electron chi connectivity index (χ1n) is 12.2. The van der Waals surface area contributed by atoms with Gasteiger partial charge in [0.1, 0.15) is 6.04 Å². The van der Waals surface area contributed by atoms with E-state index in [9.17, 15) is 32.4 Å². The molecule has 2 unspecified atom stereocenters. The molecule has 3 heterocycles. The van der Waals surface area contributed by atoms with Gasteiger partial charge in [0, 0.05) is 25.0 Å². The average Bonchev–Trinajstić information content (AvgIpc) is 3.29. The Morgan fingerprint density at radius 3 is 2.41 bits per heavy atom. The van der Waals surface area contributed by atoms with Crippen LogP contribution in [0.5, 0.6) is 0 Å². The van der Waals surface area contributed by atoms with Crippen LogP contribution in [0.4, 0.5) is 9.93 Å². The summed E-state index contributed by atoms with van der Waals surface area (Å²) in [5, 5.41) is 6.09. The maximum atomic E-state index is 12.9. The van der Waals surface area contributed by atoms with E-state index in [4.69, 9.17) is 10.3 Å². The molecular formula is C21H32N7NaO8S2. The van der Waals surface area contributed by atoms with E-state index in [1.54, 1.807) is 0 Å². The minimum atomic E-state index is -4.76. The second-order valence-electron chi connectivity index (χ2n) is 8.92. The van der Waals surface area contributed by atoms with Gasteiger partial charge in [-0.15, -0.1) is 11.3 Å². The summed E-state index contributed by atoms with van der Waals surface area (Å²) < 4.78 is 31.4. The van der Waals surface area contributed by atoms with Crippen molar-refractivity contribution in [1.82, 2.24) is 29.7 Å². The van der Waals surface area contributed by atoms with Crippen molar-refractivity contribution >= 4 is 86.0 Å². The molecule has 39 heavy (non-hydrogen) atoms. The van der Waals surface area contributed by atoms with Crippen molar-refractivity contribution in [1.29, 1.82) is 0 Å². The number of hydrogen-bond donors (Lipinski definition) is 4. The van der Waals surface area contributed by atoms with Crippen LogP contribution in [0.1, 0.15) is 57.2 Å². The van der Waals surface area contributed by atoms with Gasteiger partial charge in [-0.2, -0.15) is 8.42 Å². The van der Waals surface area contributed by atoms with E-state index in [0.717, 1.165) is 49.9 Å². The fourth-order valence-electron chi connectivity index (χ4n) is 4.04. The van der Waals surface area contributed by atoms with Crippen LogP contribution < -0.4 is 16.4 Å². The minimum absolute atomic E-state index is 0. The van der Waals surface area contributed by atoms with Gasteiger partial charge in [0.25, 0.3) is 5.91 Å². The fourth-order valence-corrected chi connectivity index (χ4v) is 5.32. The van der Waals surface area contributed by atoms with Crippen LogP contribution in [0.15, 0.2) is 5.38 Å². The Bertz CT molecular complexity index is 1190. The number of nitrogen functional groups attached to an aromatic ring is 1. The Hall–Kier alpha value is -2.31. The van der Waals surface area contributed by atoms with Crippen molar-refractivity contribution < 1.29 is 36.9 Å². The number of imide groups is 1. The van der Waals surface area contributed by atoms with E-state index in [-0.39, 0.29) is 57.8 Å². The van der Waals surface area contributed by atoms with Gasteiger partial charge in [0.15, 0.2) is 11.2 Å². The van der Waals surface area contributed by atoms with Crippen LogP contribution in [0.3, 0.4) is 0 Å². The van der Waals surface area contributed by atoms with Gasteiger partial charge in [0.05, 0.1) is 12.2 Å². The number of hydrogen-bond acceptors (Lipinski definition) is 10. The van der Waals surface area contributed by atoms with Crippen molar-refractivity contribution in [2.24, 2.45) is 0 Å². The van der Waals surface area contributed by atoms with Gasteiger partial charge in [-0.3, -0.25) is 28.6 Å². The Morgan fingerprint density at radius 2 is 1.82 bits per heavy atom. The van der Waals surface area contributed by atoms with Gasteiger partial charge < -0.3 is 21.3 Å². The van der Waals surface area contributed by atoms with Crippen molar-refractivity contribution in [3.05, 3.63) is 11.1 Å². The molecule has 3 rings (SSSR count). The van der Waals surface area contributed by atoms with Gasteiger partial charge in [-0.05, 0) is 6.42 Å². The van der Waals surface area contributed by atoms with Crippen LogP contribution in [-0.4, -0.2) is 123 Å². The van der Waals surface area contributed by atoms with E-state index >= 15 is 0 Å². The Balaban J connectivity index is 0.00000533. The number of aromatic nitrogens is 1. The summed E-state index contributed by atoms with van der Waals surface area (Å²) in [7, 11) is -4.76. The number of anilines is 1. The number of piperazine rings is 1. The number of carbonyl (C=O) groups excluding carboxylic acids is 5. The molecule has 1 aromatic heterocycles. The monoisotopic (exact) mass is 597 g/mol. The maximum absolute atomic E-state index is 12.9. The molecule has 5 N–H and O–H groups in total. The number of nitrogens with two attached hydrogens (primary N) is 1. The number of carbonyl (C=O) groups is 5.